The van der Waals surface area contributed by atoms with Gasteiger partial charge in [-0.2, -0.15) is 8.78 Å². The standard InChI is InChI=1S/C18H15F2NO3/c1-11-9-12(7-8-13(11)16(22)23-2)10-18(19,20)17-21-14-5-3-4-6-15(14)24-17/h3-9H,10H2,1-2H3. The van der Waals surface area contributed by atoms with Gasteiger partial charge in [-0.25, -0.2) is 9.78 Å². The average molecular weight is 331 g/mol. The predicted molar refractivity (Wildman–Crippen MR) is 84.1 cm³/mol. The smallest absolute Gasteiger partial charge is 0.338 e. The van der Waals surface area contributed by atoms with E-state index in [1.54, 1.807) is 37.3 Å². The van der Waals surface area contributed by atoms with Gasteiger partial charge < -0.3 is 9.15 Å². The number of hydrogen-bond acceptors (Lipinski definition) is 4. The van der Waals surface area contributed by atoms with Crippen molar-refractivity contribution in [1.29, 1.82) is 0 Å². The van der Waals surface area contributed by atoms with Crippen LogP contribution in [0.1, 0.15) is 27.4 Å². The number of nitrogens with zero attached hydrogens (tertiary/aromatic N) is 1. The first-order valence-corrected chi connectivity index (χ1v) is 7.32. The van der Waals surface area contributed by atoms with Crippen LogP contribution in [0.2, 0.25) is 0 Å². The first kappa shape index (κ1) is 16.1. The van der Waals surface area contributed by atoms with Crippen LogP contribution in [0.3, 0.4) is 0 Å². The average Bonchev–Trinajstić information content (AvgIpc) is 2.99. The highest BCUT2D eigenvalue weighted by atomic mass is 19.3. The van der Waals surface area contributed by atoms with Crippen LogP contribution in [0.5, 0.6) is 0 Å². The molecule has 0 aliphatic heterocycles. The SMILES string of the molecule is COC(=O)c1ccc(CC(F)(F)c2nc3ccccc3o2)cc1C. The summed E-state index contributed by atoms with van der Waals surface area (Å²) in [6.07, 6.45) is -0.567. The minimum absolute atomic E-state index is 0.324. The first-order valence-electron chi connectivity index (χ1n) is 7.32. The molecule has 0 atom stereocenters. The molecule has 6 heteroatoms. The number of fused-ring (bicyclic) bond motifs is 1. The van der Waals surface area contributed by atoms with E-state index in [2.05, 4.69) is 9.72 Å². The highest BCUT2D eigenvalue weighted by Crippen LogP contribution is 2.33. The summed E-state index contributed by atoms with van der Waals surface area (Å²) in [4.78, 5) is 15.4. The number of carbonyl (C=O) groups excluding carboxylic acids is 1. The van der Waals surface area contributed by atoms with Crippen molar-refractivity contribution in [2.75, 3.05) is 7.11 Å². The Balaban J connectivity index is 1.88. The quantitative estimate of drug-likeness (QED) is 0.670. The van der Waals surface area contributed by atoms with E-state index >= 15 is 0 Å². The second-order valence-electron chi connectivity index (χ2n) is 5.51. The molecule has 0 saturated heterocycles. The summed E-state index contributed by atoms with van der Waals surface area (Å²) in [7, 11) is 1.27. The third-order valence-electron chi connectivity index (χ3n) is 3.73. The fourth-order valence-corrected chi connectivity index (χ4v) is 2.54. The van der Waals surface area contributed by atoms with Crippen LogP contribution >= 0.6 is 0 Å². The van der Waals surface area contributed by atoms with Crippen molar-refractivity contribution >= 4 is 17.1 Å². The van der Waals surface area contributed by atoms with Gasteiger partial charge in [-0.1, -0.05) is 24.3 Å². The van der Waals surface area contributed by atoms with Crippen LogP contribution in [-0.4, -0.2) is 18.1 Å². The Morgan fingerprint density at radius 1 is 1.25 bits per heavy atom. The second kappa shape index (κ2) is 6.03. The minimum atomic E-state index is -3.25. The zero-order chi connectivity index (χ0) is 17.3. The number of carbonyl (C=O) groups is 1. The lowest BCUT2D eigenvalue weighted by atomic mass is 10.0. The van der Waals surface area contributed by atoms with E-state index in [0.29, 0.717) is 27.8 Å². The fraction of sp³-hybridized carbons (Fsp3) is 0.222. The zero-order valence-electron chi connectivity index (χ0n) is 13.2. The molecule has 1 heterocycles. The number of methoxy groups -OCH3 is 1. The minimum Gasteiger partial charge on any atom is -0.465 e. The molecule has 0 N–H and O–H groups in total. The molecule has 0 unspecified atom stereocenters. The zero-order valence-corrected chi connectivity index (χ0v) is 13.2. The van der Waals surface area contributed by atoms with E-state index in [1.807, 2.05) is 0 Å². The number of aryl methyl sites for hydroxylation is 1. The molecule has 4 nitrogen and oxygen atoms in total. The molecule has 0 bridgehead atoms. The van der Waals surface area contributed by atoms with Gasteiger partial charge in [0.1, 0.15) is 5.52 Å². The third-order valence-corrected chi connectivity index (χ3v) is 3.73. The lowest BCUT2D eigenvalue weighted by molar-refractivity contribution is -0.0293. The van der Waals surface area contributed by atoms with Crippen LogP contribution < -0.4 is 0 Å². The number of aromatic nitrogens is 1. The van der Waals surface area contributed by atoms with Crippen LogP contribution in [0, 0.1) is 6.92 Å². The highest BCUT2D eigenvalue weighted by Gasteiger charge is 2.38. The van der Waals surface area contributed by atoms with Crippen LogP contribution in [0.15, 0.2) is 46.9 Å². The number of alkyl halides is 2. The van der Waals surface area contributed by atoms with E-state index in [9.17, 15) is 13.6 Å². The first-order chi connectivity index (χ1) is 11.4. The van der Waals surface area contributed by atoms with Crippen molar-refractivity contribution in [2.45, 2.75) is 19.3 Å². The lowest BCUT2D eigenvalue weighted by Gasteiger charge is -2.13. The van der Waals surface area contributed by atoms with Crippen molar-refractivity contribution in [3.8, 4) is 0 Å². The molecule has 1 aromatic heterocycles. The topological polar surface area (TPSA) is 52.3 Å². The van der Waals surface area contributed by atoms with Gasteiger partial charge in [0, 0.05) is 6.42 Å². The van der Waals surface area contributed by atoms with E-state index in [1.165, 1.54) is 19.2 Å². The summed E-state index contributed by atoms with van der Waals surface area (Å²) in [5.41, 5.74) is 2.03. The Bertz CT molecular complexity index is 869. The summed E-state index contributed by atoms with van der Waals surface area (Å²) < 4.78 is 38.8. The number of ether oxygens (including phenoxy) is 1. The lowest BCUT2D eigenvalue weighted by Crippen LogP contribution is -2.17. The Hall–Kier alpha value is -2.76. The number of esters is 1. The highest BCUT2D eigenvalue weighted by molar-refractivity contribution is 5.91. The number of hydrogen-bond donors (Lipinski definition) is 0. The summed E-state index contributed by atoms with van der Waals surface area (Å²) in [5, 5.41) is 0. The Morgan fingerprint density at radius 3 is 2.67 bits per heavy atom. The van der Waals surface area contributed by atoms with E-state index < -0.39 is 24.2 Å². The number of halogens is 2. The predicted octanol–water partition coefficient (Wildman–Crippen LogP) is 4.26. The molecule has 0 amide bonds. The molecule has 0 spiro atoms. The molecular formula is C18H15F2NO3. The van der Waals surface area contributed by atoms with E-state index in [0.717, 1.165) is 0 Å². The second-order valence-corrected chi connectivity index (χ2v) is 5.51. The van der Waals surface area contributed by atoms with Crippen molar-refractivity contribution in [3.63, 3.8) is 0 Å². The van der Waals surface area contributed by atoms with Crippen molar-refractivity contribution in [3.05, 3.63) is 65.0 Å². The van der Waals surface area contributed by atoms with Gasteiger partial charge in [0.2, 0.25) is 0 Å². The number of benzene rings is 2. The summed E-state index contributed by atoms with van der Waals surface area (Å²) in [6.45, 7) is 1.67. The molecule has 0 aliphatic carbocycles. The van der Waals surface area contributed by atoms with Gasteiger partial charge >= 0.3 is 11.9 Å². The van der Waals surface area contributed by atoms with Gasteiger partial charge in [-0.3, -0.25) is 0 Å². The molecular weight excluding hydrogens is 316 g/mol. The molecule has 2 aromatic carbocycles. The molecule has 3 rings (SSSR count). The third kappa shape index (κ3) is 2.99. The Morgan fingerprint density at radius 2 is 2.00 bits per heavy atom. The van der Waals surface area contributed by atoms with Gasteiger partial charge in [0.25, 0.3) is 5.89 Å². The van der Waals surface area contributed by atoms with Gasteiger partial charge in [-0.05, 0) is 36.2 Å². The number of rotatable bonds is 4. The van der Waals surface area contributed by atoms with Crippen molar-refractivity contribution < 1.29 is 22.7 Å². The largest absolute Gasteiger partial charge is 0.465 e. The van der Waals surface area contributed by atoms with Crippen molar-refractivity contribution in [1.82, 2.24) is 4.98 Å². The van der Waals surface area contributed by atoms with E-state index in [4.69, 9.17) is 4.42 Å². The summed E-state index contributed by atoms with van der Waals surface area (Å²) >= 11 is 0. The van der Waals surface area contributed by atoms with Gasteiger partial charge in [0.15, 0.2) is 5.58 Å². The Labute approximate surface area is 137 Å². The number of oxazole rings is 1. The van der Waals surface area contributed by atoms with Crippen LogP contribution in [-0.2, 0) is 17.1 Å². The maximum absolute atomic E-state index is 14.5. The Kier molecular flexibility index (Phi) is 4.05. The summed E-state index contributed by atoms with van der Waals surface area (Å²) in [5.74, 6) is -4.36. The molecule has 3 aromatic rings. The summed E-state index contributed by atoms with van der Waals surface area (Å²) in [6, 6.07) is 11.1. The fourth-order valence-electron chi connectivity index (χ4n) is 2.54. The monoisotopic (exact) mass is 331 g/mol. The van der Waals surface area contributed by atoms with E-state index in [-0.39, 0.29) is 0 Å². The molecule has 0 aliphatic rings. The maximum atomic E-state index is 14.5. The molecule has 0 fully saturated rings. The normalized spacial score (nSPS) is 11.7. The van der Waals surface area contributed by atoms with Gasteiger partial charge in [0.05, 0.1) is 12.7 Å². The maximum Gasteiger partial charge on any atom is 0.338 e. The molecule has 24 heavy (non-hydrogen) atoms. The number of para-hydroxylation sites is 2. The van der Waals surface area contributed by atoms with Gasteiger partial charge in [-0.15, -0.1) is 0 Å². The van der Waals surface area contributed by atoms with Crippen molar-refractivity contribution in [2.24, 2.45) is 0 Å². The van der Waals surface area contributed by atoms with Crippen LogP contribution in [0.25, 0.3) is 11.1 Å². The molecule has 0 saturated carbocycles. The molecule has 124 valence electrons. The molecule has 0 radical (unpaired) electrons. The van der Waals surface area contributed by atoms with Crippen LogP contribution in [0.4, 0.5) is 8.78 Å².